The van der Waals surface area contributed by atoms with Gasteiger partial charge >= 0.3 is 5.97 Å². The van der Waals surface area contributed by atoms with E-state index in [2.05, 4.69) is 0 Å². The fourth-order valence-corrected chi connectivity index (χ4v) is 4.54. The smallest absolute Gasteiger partial charge is 0.326 e. The Morgan fingerprint density at radius 2 is 1.95 bits per heavy atom. The summed E-state index contributed by atoms with van der Waals surface area (Å²) in [6, 6.07) is 8.79. The molecule has 0 spiro atoms. The van der Waals surface area contributed by atoms with Crippen LogP contribution in [0.1, 0.15) is 24.0 Å². The van der Waals surface area contributed by atoms with Gasteiger partial charge < -0.3 is 5.11 Å². The summed E-state index contributed by atoms with van der Waals surface area (Å²) in [5.41, 5.74) is -0.203. The van der Waals surface area contributed by atoms with Gasteiger partial charge in [-0.1, -0.05) is 31.2 Å². The number of aliphatic carboxylic acids is 1. The van der Waals surface area contributed by atoms with E-state index in [1.54, 1.807) is 18.2 Å². The number of nitriles is 1. The quantitative estimate of drug-likeness (QED) is 0.904. The molecule has 0 amide bonds. The van der Waals surface area contributed by atoms with Crippen LogP contribution in [-0.2, 0) is 21.1 Å². The van der Waals surface area contributed by atoms with Gasteiger partial charge in [-0.15, -0.1) is 0 Å². The van der Waals surface area contributed by atoms with Crippen LogP contribution in [0.3, 0.4) is 0 Å². The predicted molar refractivity (Wildman–Crippen MR) is 72.9 cm³/mol. The summed E-state index contributed by atoms with van der Waals surface area (Å²) in [7, 11) is -3.61. The van der Waals surface area contributed by atoms with Crippen molar-refractivity contribution >= 4 is 15.8 Å². The topological polar surface area (TPSA) is 95.2 Å². The molecule has 0 heterocycles. The molecule has 1 N–H and O–H groups in total. The van der Waals surface area contributed by atoms with E-state index >= 15 is 0 Å². The summed E-state index contributed by atoms with van der Waals surface area (Å²) in [5.74, 6) is -2.18. The zero-order valence-corrected chi connectivity index (χ0v) is 12.0. The highest BCUT2D eigenvalue weighted by molar-refractivity contribution is 7.91. The lowest BCUT2D eigenvalue weighted by Gasteiger charge is -2.03. The Labute approximate surface area is 117 Å². The van der Waals surface area contributed by atoms with Crippen LogP contribution < -0.4 is 0 Å². The zero-order valence-electron chi connectivity index (χ0n) is 11.2. The number of nitrogens with zero attached hydrogens (tertiary/aromatic N) is 1. The van der Waals surface area contributed by atoms with E-state index in [0.29, 0.717) is 5.56 Å². The summed E-state index contributed by atoms with van der Waals surface area (Å²) < 4.78 is 23.5. The minimum absolute atomic E-state index is 0.585. The molecule has 1 fully saturated rings. The maximum absolute atomic E-state index is 11.8. The molecule has 3 atom stereocenters. The standard InChI is InChI=1S/C14H15NO4S/c1-3-9-4-6-10(7-5-9)11-12(20(2,18)19)14(11,8-15)13(16)17/h4-7,11-12H,3H2,1-2H3,(H,16,17). The van der Waals surface area contributed by atoms with Gasteiger partial charge in [0.25, 0.3) is 0 Å². The fourth-order valence-electron chi connectivity index (χ4n) is 2.78. The Morgan fingerprint density at radius 1 is 1.40 bits per heavy atom. The predicted octanol–water partition coefficient (Wildman–Crippen LogP) is 1.35. The Bertz CT molecular complexity index is 687. The second-order valence-corrected chi connectivity index (χ2v) is 7.28. The van der Waals surface area contributed by atoms with Crippen molar-refractivity contribution in [2.75, 3.05) is 6.26 Å². The molecule has 1 aliphatic rings. The molecule has 106 valence electrons. The van der Waals surface area contributed by atoms with E-state index in [4.69, 9.17) is 0 Å². The van der Waals surface area contributed by atoms with Gasteiger partial charge in [0.1, 0.15) is 5.25 Å². The van der Waals surface area contributed by atoms with Gasteiger partial charge in [-0.05, 0) is 17.5 Å². The molecule has 0 radical (unpaired) electrons. The van der Waals surface area contributed by atoms with Crippen molar-refractivity contribution in [2.45, 2.75) is 24.5 Å². The number of carboxylic acids is 1. The second kappa shape index (κ2) is 4.60. The van der Waals surface area contributed by atoms with Crippen LogP contribution in [0, 0.1) is 16.7 Å². The lowest BCUT2D eigenvalue weighted by atomic mass is 9.99. The number of carboxylic acid groups (broad SMARTS) is 1. The summed E-state index contributed by atoms with van der Waals surface area (Å²) >= 11 is 0. The molecule has 1 aromatic carbocycles. The van der Waals surface area contributed by atoms with E-state index in [-0.39, 0.29) is 0 Å². The third kappa shape index (κ3) is 1.98. The van der Waals surface area contributed by atoms with Gasteiger partial charge in [0.05, 0.1) is 6.07 Å². The minimum Gasteiger partial charge on any atom is -0.480 e. The van der Waals surface area contributed by atoms with Crippen LogP contribution in [-0.4, -0.2) is 31.0 Å². The largest absolute Gasteiger partial charge is 0.480 e. The van der Waals surface area contributed by atoms with E-state index in [1.807, 2.05) is 19.1 Å². The molecular formula is C14H15NO4S. The van der Waals surface area contributed by atoms with Crippen LogP contribution >= 0.6 is 0 Å². The SMILES string of the molecule is CCc1ccc(C2C(S(C)(=O)=O)C2(C#N)C(=O)O)cc1. The first-order valence-corrected chi connectivity index (χ1v) is 8.16. The van der Waals surface area contributed by atoms with Crippen LogP contribution in [0.5, 0.6) is 0 Å². The van der Waals surface area contributed by atoms with Crippen molar-refractivity contribution in [3.63, 3.8) is 0 Å². The van der Waals surface area contributed by atoms with Gasteiger partial charge in [0.2, 0.25) is 0 Å². The van der Waals surface area contributed by atoms with E-state index in [0.717, 1.165) is 18.2 Å². The average molecular weight is 293 g/mol. The van der Waals surface area contributed by atoms with E-state index < -0.39 is 32.4 Å². The van der Waals surface area contributed by atoms with Crippen molar-refractivity contribution in [1.82, 2.24) is 0 Å². The normalized spacial score (nSPS) is 28.6. The number of aryl methyl sites for hydroxylation is 1. The molecule has 0 saturated heterocycles. The van der Waals surface area contributed by atoms with Crippen LogP contribution in [0.15, 0.2) is 24.3 Å². The Kier molecular flexibility index (Phi) is 3.34. The van der Waals surface area contributed by atoms with Crippen molar-refractivity contribution in [1.29, 1.82) is 5.26 Å². The van der Waals surface area contributed by atoms with Crippen molar-refractivity contribution in [2.24, 2.45) is 5.41 Å². The first-order valence-electron chi connectivity index (χ1n) is 6.21. The fraction of sp³-hybridized carbons (Fsp3) is 0.429. The number of sulfone groups is 1. The average Bonchev–Trinajstić information content (AvgIpc) is 3.09. The van der Waals surface area contributed by atoms with Crippen molar-refractivity contribution < 1.29 is 18.3 Å². The highest BCUT2D eigenvalue weighted by Crippen LogP contribution is 2.62. The number of rotatable bonds is 4. The molecule has 5 nitrogen and oxygen atoms in total. The molecule has 1 aromatic rings. The molecule has 6 heteroatoms. The molecule has 0 bridgehead atoms. The number of hydrogen-bond acceptors (Lipinski definition) is 4. The lowest BCUT2D eigenvalue weighted by molar-refractivity contribution is -0.141. The number of benzene rings is 1. The van der Waals surface area contributed by atoms with Crippen molar-refractivity contribution in [3.05, 3.63) is 35.4 Å². The Balaban J connectivity index is 2.49. The van der Waals surface area contributed by atoms with E-state index in [9.17, 15) is 23.6 Å². The molecule has 20 heavy (non-hydrogen) atoms. The van der Waals surface area contributed by atoms with Crippen LogP contribution in [0.2, 0.25) is 0 Å². The Hall–Kier alpha value is -1.87. The van der Waals surface area contributed by atoms with Gasteiger partial charge in [-0.3, -0.25) is 4.79 Å². The maximum Gasteiger partial charge on any atom is 0.326 e. The summed E-state index contributed by atoms with van der Waals surface area (Å²) in [6.07, 6.45) is 1.82. The highest BCUT2D eigenvalue weighted by atomic mass is 32.2. The highest BCUT2D eigenvalue weighted by Gasteiger charge is 2.76. The van der Waals surface area contributed by atoms with Crippen LogP contribution in [0.4, 0.5) is 0 Å². The summed E-state index contributed by atoms with van der Waals surface area (Å²) in [5, 5.41) is 17.3. The first-order chi connectivity index (χ1) is 9.29. The van der Waals surface area contributed by atoms with E-state index in [1.165, 1.54) is 0 Å². The summed E-state index contributed by atoms with van der Waals surface area (Å²) in [4.78, 5) is 11.4. The van der Waals surface area contributed by atoms with Crippen LogP contribution in [0.25, 0.3) is 0 Å². The third-order valence-corrected chi connectivity index (χ3v) is 5.45. The minimum atomic E-state index is -3.61. The number of carbonyl (C=O) groups is 1. The van der Waals surface area contributed by atoms with Gasteiger partial charge in [0.15, 0.2) is 15.3 Å². The second-order valence-electron chi connectivity index (χ2n) is 5.11. The van der Waals surface area contributed by atoms with Gasteiger partial charge in [-0.2, -0.15) is 5.26 Å². The lowest BCUT2D eigenvalue weighted by Crippen LogP contribution is -2.21. The maximum atomic E-state index is 11.8. The van der Waals surface area contributed by atoms with Crippen molar-refractivity contribution in [3.8, 4) is 6.07 Å². The molecule has 3 unspecified atom stereocenters. The van der Waals surface area contributed by atoms with Gasteiger partial charge in [0, 0.05) is 12.2 Å². The molecule has 0 aliphatic heterocycles. The monoisotopic (exact) mass is 293 g/mol. The molecular weight excluding hydrogens is 278 g/mol. The van der Waals surface area contributed by atoms with Gasteiger partial charge in [-0.25, -0.2) is 8.42 Å². The zero-order chi connectivity index (χ0) is 15.1. The first kappa shape index (κ1) is 14.5. The molecule has 1 saturated carbocycles. The Morgan fingerprint density at radius 3 is 2.25 bits per heavy atom. The summed E-state index contributed by atoms with van der Waals surface area (Å²) in [6.45, 7) is 1.99. The molecule has 0 aromatic heterocycles. The molecule has 1 aliphatic carbocycles. The number of hydrogen-bond donors (Lipinski definition) is 1. The molecule has 2 rings (SSSR count). The third-order valence-electron chi connectivity index (χ3n) is 3.88.